The Morgan fingerprint density at radius 2 is 1.74 bits per heavy atom. The van der Waals surface area contributed by atoms with Crippen LogP contribution in [0.3, 0.4) is 0 Å². The van der Waals surface area contributed by atoms with Crippen LogP contribution in [0.25, 0.3) is 0 Å². The Labute approximate surface area is 133 Å². The maximum Gasteiger partial charge on any atom is 0.341 e. The van der Waals surface area contributed by atoms with E-state index in [0.717, 1.165) is 12.8 Å². The molecule has 23 heavy (non-hydrogen) atoms. The van der Waals surface area contributed by atoms with E-state index in [0.29, 0.717) is 24.2 Å². The number of carbonyl (C=O) groups is 3. The van der Waals surface area contributed by atoms with Crippen LogP contribution in [-0.2, 0) is 9.59 Å². The van der Waals surface area contributed by atoms with Gasteiger partial charge in [-0.25, -0.2) is 4.79 Å². The first-order valence-corrected chi connectivity index (χ1v) is 7.50. The van der Waals surface area contributed by atoms with Gasteiger partial charge in [0.25, 0.3) is 5.91 Å². The van der Waals surface area contributed by atoms with E-state index in [9.17, 15) is 14.4 Å². The zero-order valence-corrected chi connectivity index (χ0v) is 12.7. The minimum Gasteiger partial charge on any atom is -0.482 e. The van der Waals surface area contributed by atoms with Gasteiger partial charge in [-0.2, -0.15) is 0 Å². The molecule has 0 aliphatic heterocycles. The molecule has 1 fully saturated rings. The maximum absolute atomic E-state index is 12.2. The van der Waals surface area contributed by atoms with Crippen LogP contribution in [0, 0.1) is 5.92 Å². The Bertz CT molecular complexity index is 577. The SMILES string of the molecule is NC(=O)C1CCC(NC(=O)c2ccc(OCC(=O)O)cc2)CC1. The Morgan fingerprint density at radius 3 is 2.26 bits per heavy atom. The van der Waals surface area contributed by atoms with E-state index < -0.39 is 12.6 Å². The molecule has 1 aliphatic rings. The van der Waals surface area contributed by atoms with Crippen LogP contribution >= 0.6 is 0 Å². The summed E-state index contributed by atoms with van der Waals surface area (Å²) in [6.45, 7) is -0.422. The zero-order valence-electron chi connectivity index (χ0n) is 12.7. The van der Waals surface area contributed by atoms with E-state index in [4.69, 9.17) is 15.6 Å². The van der Waals surface area contributed by atoms with Crippen molar-refractivity contribution in [2.24, 2.45) is 11.7 Å². The van der Waals surface area contributed by atoms with E-state index in [2.05, 4.69) is 5.32 Å². The monoisotopic (exact) mass is 320 g/mol. The van der Waals surface area contributed by atoms with Gasteiger partial charge in [-0.15, -0.1) is 0 Å². The number of nitrogens with one attached hydrogen (secondary N) is 1. The number of carboxylic acid groups (broad SMARTS) is 1. The molecule has 0 heterocycles. The third kappa shape index (κ3) is 4.98. The molecule has 7 nitrogen and oxygen atoms in total. The first-order valence-electron chi connectivity index (χ1n) is 7.50. The molecular formula is C16H20N2O5. The van der Waals surface area contributed by atoms with E-state index >= 15 is 0 Å². The molecule has 2 rings (SSSR count). The zero-order chi connectivity index (χ0) is 16.8. The highest BCUT2D eigenvalue weighted by Crippen LogP contribution is 2.24. The number of primary amides is 1. The summed E-state index contributed by atoms with van der Waals surface area (Å²) < 4.78 is 5.01. The molecule has 0 spiro atoms. The van der Waals surface area contributed by atoms with Crippen molar-refractivity contribution in [1.29, 1.82) is 0 Å². The summed E-state index contributed by atoms with van der Waals surface area (Å²) in [7, 11) is 0. The molecule has 7 heteroatoms. The number of benzene rings is 1. The number of rotatable bonds is 6. The molecular weight excluding hydrogens is 300 g/mol. The smallest absolute Gasteiger partial charge is 0.341 e. The van der Waals surface area contributed by atoms with Crippen molar-refractivity contribution in [2.75, 3.05) is 6.61 Å². The van der Waals surface area contributed by atoms with Gasteiger partial charge in [0.1, 0.15) is 5.75 Å². The number of carbonyl (C=O) groups excluding carboxylic acids is 2. The number of hydrogen-bond donors (Lipinski definition) is 3. The van der Waals surface area contributed by atoms with Crippen molar-refractivity contribution < 1.29 is 24.2 Å². The Balaban J connectivity index is 1.84. The third-order valence-electron chi connectivity index (χ3n) is 3.94. The van der Waals surface area contributed by atoms with Crippen molar-refractivity contribution in [3.8, 4) is 5.75 Å². The first-order chi connectivity index (χ1) is 11.0. The highest BCUT2D eigenvalue weighted by atomic mass is 16.5. The Hall–Kier alpha value is -2.57. The third-order valence-corrected chi connectivity index (χ3v) is 3.94. The van der Waals surface area contributed by atoms with Crippen molar-refractivity contribution in [1.82, 2.24) is 5.32 Å². The lowest BCUT2D eigenvalue weighted by molar-refractivity contribution is -0.139. The van der Waals surface area contributed by atoms with Crippen molar-refractivity contribution in [3.63, 3.8) is 0 Å². The van der Waals surface area contributed by atoms with E-state index in [1.54, 1.807) is 24.3 Å². The van der Waals surface area contributed by atoms with Crippen molar-refractivity contribution in [2.45, 2.75) is 31.7 Å². The molecule has 0 radical (unpaired) electrons. The van der Waals surface area contributed by atoms with Gasteiger partial charge in [0.15, 0.2) is 6.61 Å². The van der Waals surface area contributed by atoms with Gasteiger partial charge in [0, 0.05) is 17.5 Å². The number of hydrogen-bond acceptors (Lipinski definition) is 4. The Kier molecular flexibility index (Phi) is 5.56. The van der Waals surface area contributed by atoms with Crippen LogP contribution in [0.2, 0.25) is 0 Å². The molecule has 2 amide bonds. The second kappa shape index (κ2) is 7.62. The standard InChI is InChI=1S/C16H20N2O5/c17-15(21)10-1-5-12(6-2-10)18-16(22)11-3-7-13(8-4-11)23-9-14(19)20/h3-4,7-8,10,12H,1-2,5-6,9H2,(H2,17,21)(H,18,22)(H,19,20). The van der Waals surface area contributed by atoms with Crippen LogP contribution in [-0.4, -0.2) is 35.5 Å². The molecule has 1 saturated carbocycles. The Morgan fingerprint density at radius 1 is 1.13 bits per heavy atom. The number of nitrogens with two attached hydrogens (primary N) is 1. The second-order valence-corrected chi connectivity index (χ2v) is 5.63. The number of amides is 2. The minimum absolute atomic E-state index is 0.0426. The minimum atomic E-state index is -1.06. The maximum atomic E-state index is 12.2. The summed E-state index contributed by atoms with van der Waals surface area (Å²) in [5, 5.41) is 11.5. The summed E-state index contributed by atoms with van der Waals surface area (Å²) in [6.07, 6.45) is 2.86. The highest BCUT2D eigenvalue weighted by molar-refractivity contribution is 5.94. The van der Waals surface area contributed by atoms with Crippen molar-refractivity contribution >= 4 is 17.8 Å². The van der Waals surface area contributed by atoms with E-state index in [1.807, 2.05) is 0 Å². The summed E-state index contributed by atoms with van der Waals surface area (Å²) in [6, 6.07) is 6.33. The fourth-order valence-electron chi connectivity index (χ4n) is 2.64. The highest BCUT2D eigenvalue weighted by Gasteiger charge is 2.25. The summed E-state index contributed by atoms with van der Waals surface area (Å²) >= 11 is 0. The van der Waals surface area contributed by atoms with Crippen LogP contribution in [0.15, 0.2) is 24.3 Å². The van der Waals surface area contributed by atoms with Crippen LogP contribution < -0.4 is 15.8 Å². The van der Waals surface area contributed by atoms with Gasteiger partial charge in [0.2, 0.25) is 5.91 Å². The van der Waals surface area contributed by atoms with Gasteiger partial charge in [0.05, 0.1) is 0 Å². The lowest BCUT2D eigenvalue weighted by Crippen LogP contribution is -2.39. The number of carboxylic acids is 1. The fraction of sp³-hybridized carbons (Fsp3) is 0.438. The fourth-order valence-corrected chi connectivity index (χ4v) is 2.64. The molecule has 0 bridgehead atoms. The molecule has 0 saturated heterocycles. The molecule has 0 aromatic heterocycles. The summed E-state index contributed by atoms with van der Waals surface area (Å²) in [5.74, 6) is -1.22. The van der Waals surface area contributed by atoms with Gasteiger partial charge in [-0.1, -0.05) is 0 Å². The molecule has 4 N–H and O–H groups in total. The predicted molar refractivity (Wildman–Crippen MR) is 82.0 cm³/mol. The van der Waals surface area contributed by atoms with E-state index in [-0.39, 0.29) is 23.8 Å². The van der Waals surface area contributed by atoms with Crippen LogP contribution in [0.1, 0.15) is 36.0 Å². The first kappa shape index (κ1) is 16.8. The summed E-state index contributed by atoms with van der Waals surface area (Å²) in [4.78, 5) is 33.7. The second-order valence-electron chi connectivity index (χ2n) is 5.63. The molecule has 1 aromatic carbocycles. The molecule has 1 aromatic rings. The van der Waals surface area contributed by atoms with Crippen LogP contribution in [0.4, 0.5) is 0 Å². The van der Waals surface area contributed by atoms with Crippen LogP contribution in [0.5, 0.6) is 5.75 Å². The molecule has 124 valence electrons. The normalized spacial score (nSPS) is 20.5. The number of ether oxygens (including phenoxy) is 1. The van der Waals surface area contributed by atoms with Gasteiger partial charge >= 0.3 is 5.97 Å². The van der Waals surface area contributed by atoms with Gasteiger partial charge in [-0.3, -0.25) is 9.59 Å². The molecule has 0 unspecified atom stereocenters. The average molecular weight is 320 g/mol. The number of aliphatic carboxylic acids is 1. The van der Waals surface area contributed by atoms with Crippen molar-refractivity contribution in [3.05, 3.63) is 29.8 Å². The molecule has 0 atom stereocenters. The lowest BCUT2D eigenvalue weighted by Gasteiger charge is -2.27. The molecule has 1 aliphatic carbocycles. The largest absolute Gasteiger partial charge is 0.482 e. The predicted octanol–water partition coefficient (Wildman–Crippen LogP) is 0.924. The van der Waals surface area contributed by atoms with Gasteiger partial charge < -0.3 is 20.9 Å². The summed E-state index contributed by atoms with van der Waals surface area (Å²) in [5.41, 5.74) is 5.76. The average Bonchev–Trinajstić information content (AvgIpc) is 2.54. The van der Waals surface area contributed by atoms with E-state index in [1.165, 1.54) is 0 Å². The lowest BCUT2D eigenvalue weighted by atomic mass is 9.85. The quantitative estimate of drug-likeness (QED) is 0.720. The van der Waals surface area contributed by atoms with Gasteiger partial charge in [-0.05, 0) is 49.9 Å². The topological polar surface area (TPSA) is 119 Å².